The zero-order chi connectivity index (χ0) is 12.8. The van der Waals surface area contributed by atoms with Crippen LogP contribution >= 0.6 is 0 Å². The lowest BCUT2D eigenvalue weighted by Gasteiger charge is -2.22. The van der Waals surface area contributed by atoms with Crippen LogP contribution in [0, 0.1) is 0 Å². The average molecular weight is 242 g/mol. The van der Waals surface area contributed by atoms with Gasteiger partial charge < -0.3 is 10.0 Å². The van der Waals surface area contributed by atoms with E-state index in [2.05, 4.69) is 4.98 Å². The SMILES string of the molecule is O=Cc1ccc(N(CCO)c2ccccn2)cc1. The Morgan fingerprint density at radius 1 is 1.17 bits per heavy atom. The second kappa shape index (κ2) is 5.93. The molecule has 0 saturated carbocycles. The number of pyridine rings is 1. The summed E-state index contributed by atoms with van der Waals surface area (Å²) < 4.78 is 0. The highest BCUT2D eigenvalue weighted by molar-refractivity contribution is 5.76. The van der Waals surface area contributed by atoms with Crippen LogP contribution in [0.3, 0.4) is 0 Å². The first-order chi connectivity index (χ1) is 8.85. The van der Waals surface area contributed by atoms with Gasteiger partial charge in [0.2, 0.25) is 0 Å². The van der Waals surface area contributed by atoms with Gasteiger partial charge in [-0.2, -0.15) is 0 Å². The minimum absolute atomic E-state index is 0.0337. The van der Waals surface area contributed by atoms with Crippen molar-refractivity contribution in [3.63, 3.8) is 0 Å². The molecule has 4 nitrogen and oxygen atoms in total. The summed E-state index contributed by atoms with van der Waals surface area (Å²) in [6.07, 6.45) is 2.51. The molecule has 0 bridgehead atoms. The monoisotopic (exact) mass is 242 g/mol. The summed E-state index contributed by atoms with van der Waals surface area (Å²) in [5.41, 5.74) is 1.53. The predicted molar refractivity (Wildman–Crippen MR) is 70.2 cm³/mol. The lowest BCUT2D eigenvalue weighted by Crippen LogP contribution is -2.21. The van der Waals surface area contributed by atoms with Crippen LogP contribution in [0.1, 0.15) is 10.4 Å². The zero-order valence-corrected chi connectivity index (χ0v) is 9.86. The molecule has 1 aromatic carbocycles. The van der Waals surface area contributed by atoms with Gasteiger partial charge in [-0.15, -0.1) is 0 Å². The summed E-state index contributed by atoms with van der Waals surface area (Å²) in [5.74, 6) is 0.769. The minimum Gasteiger partial charge on any atom is -0.395 e. The van der Waals surface area contributed by atoms with Crippen molar-refractivity contribution in [2.24, 2.45) is 0 Å². The molecule has 0 radical (unpaired) electrons. The largest absolute Gasteiger partial charge is 0.395 e. The van der Waals surface area contributed by atoms with Gasteiger partial charge in [-0.3, -0.25) is 4.79 Å². The first-order valence-corrected chi connectivity index (χ1v) is 5.70. The van der Waals surface area contributed by atoms with Crippen LogP contribution in [0.2, 0.25) is 0 Å². The summed E-state index contributed by atoms with van der Waals surface area (Å²) in [7, 11) is 0. The van der Waals surface area contributed by atoms with Crippen LogP contribution in [-0.4, -0.2) is 29.5 Å². The zero-order valence-electron chi connectivity index (χ0n) is 9.86. The molecule has 0 aliphatic heterocycles. The quantitative estimate of drug-likeness (QED) is 0.815. The molecule has 0 saturated heterocycles. The Morgan fingerprint density at radius 2 is 1.94 bits per heavy atom. The summed E-state index contributed by atoms with van der Waals surface area (Å²) in [6, 6.07) is 12.8. The molecule has 0 aliphatic carbocycles. The summed E-state index contributed by atoms with van der Waals surface area (Å²) in [6.45, 7) is 0.490. The van der Waals surface area contributed by atoms with Crippen molar-refractivity contribution in [3.05, 3.63) is 54.2 Å². The van der Waals surface area contributed by atoms with Gasteiger partial charge in [-0.1, -0.05) is 6.07 Å². The molecule has 2 rings (SSSR count). The highest BCUT2D eigenvalue weighted by Gasteiger charge is 2.09. The third-order valence-electron chi connectivity index (χ3n) is 2.59. The van der Waals surface area contributed by atoms with Crippen molar-refractivity contribution in [2.45, 2.75) is 0 Å². The highest BCUT2D eigenvalue weighted by atomic mass is 16.3. The molecule has 0 atom stereocenters. The topological polar surface area (TPSA) is 53.4 Å². The van der Waals surface area contributed by atoms with Gasteiger partial charge in [0, 0.05) is 24.0 Å². The van der Waals surface area contributed by atoms with Gasteiger partial charge in [0.05, 0.1) is 6.61 Å². The first kappa shape index (κ1) is 12.3. The van der Waals surface area contributed by atoms with E-state index in [1.165, 1.54) is 0 Å². The molecule has 0 unspecified atom stereocenters. The van der Waals surface area contributed by atoms with E-state index in [0.717, 1.165) is 17.8 Å². The number of rotatable bonds is 5. The summed E-state index contributed by atoms with van der Waals surface area (Å²) >= 11 is 0. The second-order valence-corrected chi connectivity index (χ2v) is 3.77. The number of aliphatic hydroxyl groups excluding tert-OH is 1. The molecule has 92 valence electrons. The van der Waals surface area contributed by atoms with E-state index in [4.69, 9.17) is 5.11 Å². The summed E-state index contributed by atoms with van der Waals surface area (Å²) in [4.78, 5) is 16.8. The molecular formula is C14H14N2O2. The molecule has 0 aliphatic rings. The lowest BCUT2D eigenvalue weighted by atomic mass is 10.2. The van der Waals surface area contributed by atoms with Crippen molar-refractivity contribution in [2.75, 3.05) is 18.1 Å². The van der Waals surface area contributed by atoms with Gasteiger partial charge in [0.15, 0.2) is 0 Å². The predicted octanol–water partition coefficient (Wildman–Crippen LogP) is 2.02. The van der Waals surface area contributed by atoms with Gasteiger partial charge in [-0.25, -0.2) is 4.98 Å². The number of nitrogens with zero attached hydrogens (tertiary/aromatic N) is 2. The highest BCUT2D eigenvalue weighted by Crippen LogP contribution is 2.22. The molecule has 2 aromatic rings. The fourth-order valence-corrected chi connectivity index (χ4v) is 1.72. The van der Waals surface area contributed by atoms with Gasteiger partial charge in [-0.05, 0) is 36.4 Å². The van der Waals surface area contributed by atoms with E-state index in [1.807, 2.05) is 35.2 Å². The molecule has 1 heterocycles. The molecule has 0 spiro atoms. The Hall–Kier alpha value is -2.20. The maximum atomic E-state index is 10.6. The number of hydrogen-bond donors (Lipinski definition) is 1. The van der Waals surface area contributed by atoms with Crippen molar-refractivity contribution in [1.82, 2.24) is 4.98 Å². The van der Waals surface area contributed by atoms with Crippen LogP contribution < -0.4 is 4.90 Å². The number of carbonyl (C=O) groups is 1. The summed E-state index contributed by atoms with van der Waals surface area (Å²) in [5, 5.41) is 9.13. The lowest BCUT2D eigenvalue weighted by molar-refractivity contribution is 0.112. The number of aldehydes is 1. The fourth-order valence-electron chi connectivity index (χ4n) is 1.72. The number of benzene rings is 1. The van der Waals surface area contributed by atoms with Gasteiger partial charge >= 0.3 is 0 Å². The van der Waals surface area contributed by atoms with Crippen molar-refractivity contribution in [3.8, 4) is 0 Å². The Balaban J connectivity index is 2.32. The Kier molecular flexibility index (Phi) is 4.04. The van der Waals surface area contributed by atoms with E-state index in [0.29, 0.717) is 12.1 Å². The Bertz CT molecular complexity index is 497. The maximum absolute atomic E-state index is 10.6. The third-order valence-corrected chi connectivity index (χ3v) is 2.59. The van der Waals surface area contributed by atoms with E-state index in [-0.39, 0.29) is 6.61 Å². The molecule has 0 fully saturated rings. The molecular weight excluding hydrogens is 228 g/mol. The number of aromatic nitrogens is 1. The van der Waals surface area contributed by atoms with Gasteiger partial charge in [0.25, 0.3) is 0 Å². The third kappa shape index (κ3) is 2.73. The van der Waals surface area contributed by atoms with Crippen LogP contribution in [0.25, 0.3) is 0 Å². The first-order valence-electron chi connectivity index (χ1n) is 5.70. The van der Waals surface area contributed by atoms with Crippen molar-refractivity contribution < 1.29 is 9.90 Å². The Labute approximate surface area is 106 Å². The van der Waals surface area contributed by atoms with Crippen LogP contribution in [-0.2, 0) is 0 Å². The van der Waals surface area contributed by atoms with Crippen LogP contribution in [0.5, 0.6) is 0 Å². The van der Waals surface area contributed by atoms with E-state index >= 15 is 0 Å². The standard InChI is InChI=1S/C14H14N2O2/c17-10-9-16(14-3-1-2-8-15-14)13-6-4-12(11-18)5-7-13/h1-8,11,17H,9-10H2. The van der Waals surface area contributed by atoms with Crippen molar-refractivity contribution >= 4 is 17.8 Å². The minimum atomic E-state index is 0.0337. The Morgan fingerprint density at radius 3 is 2.50 bits per heavy atom. The molecule has 1 N–H and O–H groups in total. The molecule has 1 aromatic heterocycles. The average Bonchev–Trinajstić information content (AvgIpc) is 2.46. The van der Waals surface area contributed by atoms with Crippen LogP contribution in [0.4, 0.5) is 11.5 Å². The molecule has 4 heteroatoms. The van der Waals surface area contributed by atoms with E-state index in [9.17, 15) is 4.79 Å². The number of carbonyl (C=O) groups excluding carboxylic acids is 1. The number of hydrogen-bond acceptors (Lipinski definition) is 4. The second-order valence-electron chi connectivity index (χ2n) is 3.77. The normalized spacial score (nSPS) is 10.1. The van der Waals surface area contributed by atoms with Gasteiger partial charge in [0.1, 0.15) is 12.1 Å². The maximum Gasteiger partial charge on any atom is 0.150 e. The molecule has 18 heavy (non-hydrogen) atoms. The van der Waals surface area contributed by atoms with E-state index < -0.39 is 0 Å². The van der Waals surface area contributed by atoms with E-state index in [1.54, 1.807) is 18.3 Å². The smallest absolute Gasteiger partial charge is 0.150 e. The molecule has 0 amide bonds. The van der Waals surface area contributed by atoms with Crippen molar-refractivity contribution in [1.29, 1.82) is 0 Å². The number of anilines is 2. The van der Waals surface area contributed by atoms with Crippen LogP contribution in [0.15, 0.2) is 48.7 Å². The number of aliphatic hydroxyl groups is 1. The fraction of sp³-hybridized carbons (Fsp3) is 0.143.